The van der Waals surface area contributed by atoms with Crippen LogP contribution in [0.25, 0.3) is 0 Å². The fourth-order valence-electron chi connectivity index (χ4n) is 3.17. The molecule has 1 heterocycles. The molecule has 28 heavy (non-hydrogen) atoms. The zero-order valence-corrected chi connectivity index (χ0v) is 16.2. The normalized spacial score (nSPS) is 18.8. The van der Waals surface area contributed by atoms with E-state index in [9.17, 15) is 15.3 Å². The molecule has 0 saturated carbocycles. The number of benzene rings is 2. The highest BCUT2D eigenvalue weighted by Gasteiger charge is 2.40. The van der Waals surface area contributed by atoms with Crippen molar-refractivity contribution in [3.63, 3.8) is 0 Å². The Morgan fingerprint density at radius 3 is 2.50 bits per heavy atom. The largest absolute Gasteiger partial charge is 0.494 e. The number of hydrogen-bond acceptors (Lipinski definition) is 5. The lowest BCUT2D eigenvalue weighted by atomic mass is 9.79. The number of thioether (sulfide) groups is 1. The van der Waals surface area contributed by atoms with Crippen LogP contribution in [0.4, 0.5) is 0 Å². The molecule has 0 aromatic heterocycles. The van der Waals surface area contributed by atoms with Gasteiger partial charge in [-0.2, -0.15) is 10.5 Å². The van der Waals surface area contributed by atoms with Crippen molar-refractivity contribution < 1.29 is 9.53 Å². The first-order valence-electron chi connectivity index (χ1n) is 8.92. The zero-order valence-electron chi connectivity index (χ0n) is 15.4. The number of ether oxygens (including phenoxy) is 1. The molecule has 2 atom stereocenters. The molecule has 0 bridgehead atoms. The number of nitriles is 2. The van der Waals surface area contributed by atoms with Crippen LogP contribution in [0.2, 0.25) is 0 Å². The highest BCUT2D eigenvalue weighted by molar-refractivity contribution is 8.02. The van der Waals surface area contributed by atoms with Crippen molar-refractivity contribution >= 4 is 17.7 Å². The predicted octanol–water partition coefficient (Wildman–Crippen LogP) is 4.11. The Balaban J connectivity index is 2.03. The molecule has 140 valence electrons. The molecule has 0 aliphatic carbocycles. The quantitative estimate of drug-likeness (QED) is 0.804. The summed E-state index contributed by atoms with van der Waals surface area (Å²) >= 11 is 1.39. The lowest BCUT2D eigenvalue weighted by Crippen LogP contribution is -2.39. The second-order valence-electron chi connectivity index (χ2n) is 6.17. The van der Waals surface area contributed by atoms with Crippen LogP contribution in [0, 0.1) is 28.6 Å². The molecule has 1 aliphatic heterocycles. The van der Waals surface area contributed by atoms with Gasteiger partial charge in [0.25, 0.3) is 0 Å². The minimum atomic E-state index is -0.989. The van der Waals surface area contributed by atoms with E-state index in [1.807, 2.05) is 55.5 Å². The molecule has 1 amide bonds. The highest BCUT2D eigenvalue weighted by Crippen LogP contribution is 2.43. The van der Waals surface area contributed by atoms with Crippen molar-refractivity contribution in [2.45, 2.75) is 18.6 Å². The van der Waals surface area contributed by atoms with Gasteiger partial charge in [0.1, 0.15) is 11.7 Å². The van der Waals surface area contributed by atoms with E-state index >= 15 is 0 Å². The number of nitrogens with zero attached hydrogens (tertiary/aromatic N) is 2. The van der Waals surface area contributed by atoms with E-state index in [4.69, 9.17) is 4.74 Å². The van der Waals surface area contributed by atoms with Gasteiger partial charge in [-0.25, -0.2) is 0 Å². The van der Waals surface area contributed by atoms with Gasteiger partial charge >= 0.3 is 0 Å². The molecule has 0 saturated heterocycles. The van der Waals surface area contributed by atoms with Crippen LogP contribution >= 0.6 is 11.8 Å². The number of hydrogen-bond donors (Lipinski definition) is 1. The third kappa shape index (κ3) is 4.03. The zero-order chi connectivity index (χ0) is 19.9. The molecule has 0 fully saturated rings. The second kappa shape index (κ2) is 9.12. The maximum absolute atomic E-state index is 12.6. The summed E-state index contributed by atoms with van der Waals surface area (Å²) in [6, 6.07) is 21.4. The smallest absolute Gasteiger partial charge is 0.243 e. The minimum Gasteiger partial charge on any atom is -0.494 e. The van der Waals surface area contributed by atoms with Crippen molar-refractivity contribution in [1.29, 1.82) is 10.5 Å². The van der Waals surface area contributed by atoms with Gasteiger partial charge in [-0.1, -0.05) is 48.5 Å². The molecule has 1 aliphatic rings. The third-order valence-corrected chi connectivity index (χ3v) is 5.54. The summed E-state index contributed by atoms with van der Waals surface area (Å²) in [5, 5.41) is 22.8. The van der Waals surface area contributed by atoms with Crippen molar-refractivity contribution in [2.75, 3.05) is 6.61 Å². The monoisotopic (exact) mass is 389 g/mol. The van der Waals surface area contributed by atoms with Gasteiger partial charge in [0, 0.05) is 11.3 Å². The third-order valence-electron chi connectivity index (χ3n) is 4.45. The summed E-state index contributed by atoms with van der Waals surface area (Å²) in [5.74, 6) is -0.848. The standard InChI is InChI=1S/C22H19N3O2S/c1-2-27-19-11-7-6-10-16(19)20-17(12-23)21(26)25-22(18(20)13-24)28-14-15-8-4-3-5-9-15/h3-11,17,20H,2,14H2,1H3,(H,25,26)/t17-,20+/m1/s1. The minimum absolute atomic E-state index is 0.388. The first kappa shape index (κ1) is 19.5. The summed E-state index contributed by atoms with van der Waals surface area (Å²) in [4.78, 5) is 12.6. The van der Waals surface area contributed by atoms with Crippen LogP contribution in [0.3, 0.4) is 0 Å². The molecule has 3 rings (SSSR count). The van der Waals surface area contributed by atoms with Gasteiger partial charge in [-0.15, -0.1) is 11.8 Å². The second-order valence-corrected chi connectivity index (χ2v) is 7.16. The number of nitrogens with one attached hydrogen (secondary N) is 1. The Hall–Kier alpha value is -3.22. The first-order valence-corrected chi connectivity index (χ1v) is 9.91. The number of amides is 1. The van der Waals surface area contributed by atoms with Gasteiger partial charge < -0.3 is 10.1 Å². The van der Waals surface area contributed by atoms with E-state index in [-0.39, 0.29) is 0 Å². The lowest BCUT2D eigenvalue weighted by Gasteiger charge is -2.29. The van der Waals surface area contributed by atoms with Gasteiger partial charge in [0.2, 0.25) is 5.91 Å². The Kier molecular flexibility index (Phi) is 6.37. The van der Waals surface area contributed by atoms with Crippen molar-refractivity contribution in [2.24, 2.45) is 5.92 Å². The predicted molar refractivity (Wildman–Crippen MR) is 108 cm³/mol. The van der Waals surface area contributed by atoms with E-state index in [2.05, 4.69) is 17.5 Å². The van der Waals surface area contributed by atoms with E-state index in [0.29, 0.717) is 34.3 Å². The van der Waals surface area contributed by atoms with Crippen molar-refractivity contribution in [3.8, 4) is 17.9 Å². The van der Waals surface area contributed by atoms with Crippen LogP contribution in [0.1, 0.15) is 24.0 Å². The number of carbonyl (C=O) groups excluding carboxylic acids is 1. The Labute approximate surface area is 168 Å². The number of rotatable bonds is 6. The van der Waals surface area contributed by atoms with Crippen molar-refractivity contribution in [1.82, 2.24) is 5.32 Å². The average molecular weight is 389 g/mol. The fraction of sp³-hybridized carbons (Fsp3) is 0.227. The summed E-state index contributed by atoms with van der Waals surface area (Å²) in [6.45, 7) is 2.32. The van der Waals surface area contributed by atoms with E-state index < -0.39 is 17.7 Å². The molecule has 5 nitrogen and oxygen atoms in total. The highest BCUT2D eigenvalue weighted by atomic mass is 32.2. The number of allylic oxidation sites excluding steroid dienone is 1. The maximum Gasteiger partial charge on any atom is 0.243 e. The molecular formula is C22H19N3O2S. The Bertz CT molecular complexity index is 973. The van der Waals surface area contributed by atoms with Crippen LogP contribution in [-0.4, -0.2) is 12.5 Å². The van der Waals surface area contributed by atoms with Gasteiger partial charge in [-0.3, -0.25) is 4.79 Å². The summed E-state index contributed by atoms with van der Waals surface area (Å²) in [7, 11) is 0. The molecule has 0 spiro atoms. The molecule has 6 heteroatoms. The summed E-state index contributed by atoms with van der Waals surface area (Å²) in [6.07, 6.45) is 0. The Morgan fingerprint density at radius 2 is 1.82 bits per heavy atom. The van der Waals surface area contributed by atoms with E-state index in [1.54, 1.807) is 6.07 Å². The maximum atomic E-state index is 12.6. The van der Waals surface area contributed by atoms with E-state index in [0.717, 1.165) is 5.56 Å². The van der Waals surface area contributed by atoms with Crippen LogP contribution < -0.4 is 10.1 Å². The van der Waals surface area contributed by atoms with E-state index in [1.165, 1.54) is 11.8 Å². The summed E-state index contributed by atoms with van der Waals surface area (Å²) in [5.41, 5.74) is 2.15. The fourth-order valence-corrected chi connectivity index (χ4v) is 4.18. The molecule has 0 unspecified atom stereocenters. The Morgan fingerprint density at radius 1 is 1.11 bits per heavy atom. The van der Waals surface area contributed by atoms with Crippen LogP contribution in [0.5, 0.6) is 5.75 Å². The number of carbonyl (C=O) groups is 1. The number of para-hydroxylation sites is 1. The van der Waals surface area contributed by atoms with Crippen LogP contribution in [0.15, 0.2) is 65.2 Å². The van der Waals surface area contributed by atoms with Crippen molar-refractivity contribution in [3.05, 3.63) is 76.3 Å². The molecule has 0 radical (unpaired) electrons. The molecule has 2 aromatic carbocycles. The molecular weight excluding hydrogens is 370 g/mol. The summed E-state index contributed by atoms with van der Waals surface area (Å²) < 4.78 is 5.70. The lowest BCUT2D eigenvalue weighted by molar-refractivity contribution is -0.123. The first-order chi connectivity index (χ1) is 13.7. The molecule has 2 aromatic rings. The van der Waals surface area contributed by atoms with Gasteiger partial charge in [-0.05, 0) is 18.6 Å². The SMILES string of the molecule is CCOc1ccccc1[C@@H]1C(C#N)=C(SCc2ccccc2)NC(=O)[C@@H]1C#N. The van der Waals surface area contributed by atoms with Gasteiger partial charge in [0.05, 0.1) is 35.3 Å². The average Bonchev–Trinajstić information content (AvgIpc) is 2.73. The van der Waals surface area contributed by atoms with Gasteiger partial charge in [0.15, 0.2) is 0 Å². The van der Waals surface area contributed by atoms with Crippen LogP contribution in [-0.2, 0) is 10.5 Å². The topological polar surface area (TPSA) is 85.9 Å². The molecule has 1 N–H and O–H groups in total.